The summed E-state index contributed by atoms with van der Waals surface area (Å²) in [6, 6.07) is 6.69. The van der Waals surface area contributed by atoms with Gasteiger partial charge in [-0.3, -0.25) is 4.98 Å². The number of hydrogen-bond donors (Lipinski definition) is 0. The van der Waals surface area contributed by atoms with Gasteiger partial charge < -0.3 is 0 Å². The van der Waals surface area contributed by atoms with Crippen LogP contribution in [0.15, 0.2) is 18.2 Å². The standard InChI is InChI=1S/C19H35NP2/c1-14(2)21(15(3)4)12-18-10-9-11-19(20-18)13-22(16(5)6)17(7)8/h9-11,14-17H,12-13H2,1-8H3. The molecule has 0 fully saturated rings. The van der Waals surface area contributed by atoms with Gasteiger partial charge in [-0.15, -0.1) is 0 Å². The first-order chi connectivity index (χ1) is 10.2. The Labute approximate surface area is 141 Å². The summed E-state index contributed by atoms with van der Waals surface area (Å²) in [7, 11) is 0.0605. The highest BCUT2D eigenvalue weighted by atomic mass is 31.1. The van der Waals surface area contributed by atoms with E-state index in [0.29, 0.717) is 0 Å². The van der Waals surface area contributed by atoms with E-state index in [2.05, 4.69) is 73.6 Å². The molecule has 3 heteroatoms. The summed E-state index contributed by atoms with van der Waals surface area (Å²) in [5, 5.41) is 0. The highest BCUT2D eigenvalue weighted by Gasteiger charge is 2.20. The van der Waals surface area contributed by atoms with Crippen molar-refractivity contribution in [3.05, 3.63) is 29.6 Å². The van der Waals surface area contributed by atoms with Crippen LogP contribution in [0.2, 0.25) is 0 Å². The summed E-state index contributed by atoms with van der Waals surface area (Å²) >= 11 is 0. The molecule has 0 N–H and O–H groups in total. The molecule has 0 bridgehead atoms. The van der Waals surface area contributed by atoms with Gasteiger partial charge in [0.05, 0.1) is 0 Å². The van der Waals surface area contributed by atoms with Gasteiger partial charge in [-0.05, 0) is 34.8 Å². The molecule has 0 aliphatic heterocycles. The predicted molar refractivity (Wildman–Crippen MR) is 106 cm³/mol. The largest absolute Gasteiger partial charge is 0.257 e. The molecule has 0 aromatic carbocycles. The van der Waals surface area contributed by atoms with E-state index in [1.807, 2.05) is 0 Å². The Hall–Kier alpha value is 0.01000. The SMILES string of the molecule is CC(C)P(Cc1cccc(CP(C(C)C)C(C)C)n1)C(C)C. The molecule has 22 heavy (non-hydrogen) atoms. The zero-order chi connectivity index (χ0) is 16.9. The molecule has 0 aliphatic rings. The second-order valence-corrected chi connectivity index (χ2v) is 14.2. The highest BCUT2D eigenvalue weighted by molar-refractivity contribution is 7.58. The summed E-state index contributed by atoms with van der Waals surface area (Å²) in [6.45, 7) is 18.9. The maximum absolute atomic E-state index is 5.01. The van der Waals surface area contributed by atoms with Gasteiger partial charge in [-0.1, -0.05) is 77.3 Å². The smallest absolute Gasteiger partial charge is 0.0450 e. The number of pyridine rings is 1. The van der Waals surface area contributed by atoms with E-state index < -0.39 is 0 Å². The first-order valence-corrected chi connectivity index (χ1v) is 12.0. The fraction of sp³-hybridized carbons (Fsp3) is 0.737. The van der Waals surface area contributed by atoms with Gasteiger partial charge in [0.2, 0.25) is 0 Å². The van der Waals surface area contributed by atoms with Crippen molar-refractivity contribution < 1.29 is 0 Å². The van der Waals surface area contributed by atoms with E-state index >= 15 is 0 Å². The van der Waals surface area contributed by atoms with Crippen molar-refractivity contribution in [2.45, 2.75) is 90.3 Å². The molecule has 1 aromatic rings. The van der Waals surface area contributed by atoms with Crippen LogP contribution in [0.3, 0.4) is 0 Å². The molecule has 1 nitrogen and oxygen atoms in total. The van der Waals surface area contributed by atoms with E-state index in [-0.39, 0.29) is 15.8 Å². The molecule has 1 rings (SSSR count). The monoisotopic (exact) mass is 339 g/mol. The van der Waals surface area contributed by atoms with Crippen molar-refractivity contribution in [2.75, 3.05) is 0 Å². The minimum Gasteiger partial charge on any atom is -0.257 e. The maximum atomic E-state index is 5.01. The molecule has 0 saturated carbocycles. The zero-order valence-corrected chi connectivity index (χ0v) is 17.6. The summed E-state index contributed by atoms with van der Waals surface area (Å²) in [4.78, 5) is 5.01. The van der Waals surface area contributed by atoms with E-state index in [4.69, 9.17) is 4.98 Å². The van der Waals surface area contributed by atoms with Crippen LogP contribution in [0.25, 0.3) is 0 Å². The fourth-order valence-corrected chi connectivity index (χ4v) is 7.95. The zero-order valence-electron chi connectivity index (χ0n) is 15.8. The van der Waals surface area contributed by atoms with Gasteiger partial charge in [0.1, 0.15) is 0 Å². The second kappa shape index (κ2) is 9.34. The summed E-state index contributed by atoms with van der Waals surface area (Å²) in [5.74, 6) is 0. The second-order valence-electron chi connectivity index (χ2n) is 7.34. The quantitative estimate of drug-likeness (QED) is 0.481. The predicted octanol–water partition coefficient (Wildman–Crippen LogP) is 6.68. The molecule has 1 heterocycles. The maximum Gasteiger partial charge on any atom is 0.0450 e. The molecule has 0 radical (unpaired) electrons. The van der Waals surface area contributed by atoms with Crippen LogP contribution in [-0.2, 0) is 12.3 Å². The molecule has 0 unspecified atom stereocenters. The fourth-order valence-electron chi connectivity index (χ4n) is 3.00. The lowest BCUT2D eigenvalue weighted by molar-refractivity contribution is 0.967. The third-order valence-electron chi connectivity index (χ3n) is 4.21. The van der Waals surface area contributed by atoms with Crippen molar-refractivity contribution >= 4 is 15.8 Å². The van der Waals surface area contributed by atoms with E-state index in [1.165, 1.54) is 23.7 Å². The molecule has 126 valence electrons. The van der Waals surface area contributed by atoms with Crippen molar-refractivity contribution in [1.82, 2.24) is 4.98 Å². The third-order valence-corrected chi connectivity index (χ3v) is 10.9. The molecule has 0 saturated heterocycles. The van der Waals surface area contributed by atoms with Gasteiger partial charge in [-0.2, -0.15) is 0 Å². The Kier molecular flexibility index (Phi) is 8.52. The van der Waals surface area contributed by atoms with Crippen molar-refractivity contribution in [3.63, 3.8) is 0 Å². The van der Waals surface area contributed by atoms with Crippen LogP contribution in [0, 0.1) is 0 Å². The first-order valence-electron chi connectivity index (χ1n) is 8.68. The van der Waals surface area contributed by atoms with Crippen LogP contribution in [0.1, 0.15) is 66.8 Å². The Bertz CT molecular complexity index is 388. The van der Waals surface area contributed by atoms with Crippen LogP contribution in [0.4, 0.5) is 0 Å². The Morgan fingerprint density at radius 1 is 0.682 bits per heavy atom. The van der Waals surface area contributed by atoms with Crippen LogP contribution >= 0.6 is 15.8 Å². The van der Waals surface area contributed by atoms with Crippen LogP contribution < -0.4 is 0 Å². The van der Waals surface area contributed by atoms with Crippen LogP contribution in [0.5, 0.6) is 0 Å². The number of nitrogens with zero attached hydrogens (tertiary/aromatic N) is 1. The van der Waals surface area contributed by atoms with E-state index in [9.17, 15) is 0 Å². The molecule has 1 aromatic heterocycles. The minimum atomic E-state index is 0.0302. The van der Waals surface area contributed by atoms with Gasteiger partial charge in [-0.25, -0.2) is 0 Å². The molecule has 0 aliphatic carbocycles. The lowest BCUT2D eigenvalue weighted by Gasteiger charge is -2.27. The van der Waals surface area contributed by atoms with Gasteiger partial charge in [0, 0.05) is 23.7 Å². The van der Waals surface area contributed by atoms with E-state index in [1.54, 1.807) is 0 Å². The summed E-state index contributed by atoms with van der Waals surface area (Å²) < 4.78 is 0. The Balaban J connectivity index is 2.85. The molecule has 0 amide bonds. The molecular weight excluding hydrogens is 304 g/mol. The number of aromatic nitrogens is 1. The Morgan fingerprint density at radius 2 is 1.00 bits per heavy atom. The van der Waals surface area contributed by atoms with Gasteiger partial charge >= 0.3 is 0 Å². The molecule has 0 spiro atoms. The lowest BCUT2D eigenvalue weighted by Crippen LogP contribution is -2.08. The number of rotatable bonds is 8. The molecule has 0 atom stereocenters. The van der Waals surface area contributed by atoms with Crippen molar-refractivity contribution in [1.29, 1.82) is 0 Å². The van der Waals surface area contributed by atoms with Gasteiger partial charge in [0.25, 0.3) is 0 Å². The summed E-state index contributed by atoms with van der Waals surface area (Å²) in [5.41, 5.74) is 5.75. The van der Waals surface area contributed by atoms with Crippen molar-refractivity contribution in [2.24, 2.45) is 0 Å². The average molecular weight is 339 g/mol. The highest BCUT2D eigenvalue weighted by Crippen LogP contribution is 2.50. The van der Waals surface area contributed by atoms with Crippen LogP contribution in [-0.4, -0.2) is 27.6 Å². The lowest BCUT2D eigenvalue weighted by atomic mass is 10.3. The number of hydrogen-bond acceptors (Lipinski definition) is 1. The third kappa shape index (κ3) is 6.25. The van der Waals surface area contributed by atoms with Crippen molar-refractivity contribution in [3.8, 4) is 0 Å². The Morgan fingerprint density at radius 3 is 1.27 bits per heavy atom. The minimum absolute atomic E-state index is 0.0302. The summed E-state index contributed by atoms with van der Waals surface area (Å²) in [6.07, 6.45) is 2.36. The van der Waals surface area contributed by atoms with Gasteiger partial charge in [0.15, 0.2) is 0 Å². The topological polar surface area (TPSA) is 12.9 Å². The average Bonchev–Trinajstić information content (AvgIpc) is 2.41. The normalized spacial score (nSPS) is 12.6. The first kappa shape index (κ1) is 20.1. The van der Waals surface area contributed by atoms with E-state index in [0.717, 1.165) is 22.6 Å². The molecular formula is C19H35NP2.